The Morgan fingerprint density at radius 1 is 1.44 bits per heavy atom. The lowest BCUT2D eigenvalue weighted by atomic mass is 10.3. The summed E-state index contributed by atoms with van der Waals surface area (Å²) in [6.45, 7) is 2.81. The number of benzene rings is 1. The molecule has 18 heavy (non-hydrogen) atoms. The third-order valence-corrected chi connectivity index (χ3v) is 2.94. The van der Waals surface area contributed by atoms with Gasteiger partial charge in [-0.3, -0.25) is 14.9 Å². The molecule has 6 nitrogen and oxygen atoms in total. The van der Waals surface area contributed by atoms with E-state index in [-0.39, 0.29) is 17.7 Å². The lowest BCUT2D eigenvalue weighted by Crippen LogP contribution is -2.28. The molecule has 1 aliphatic heterocycles. The molecule has 6 heteroatoms. The Morgan fingerprint density at radius 3 is 2.61 bits per heavy atom. The molecule has 1 atom stereocenters. The number of rotatable bonds is 3. The van der Waals surface area contributed by atoms with E-state index in [1.807, 2.05) is 0 Å². The number of hydrogen-bond donors (Lipinski definition) is 0. The standard InChI is InChI=1S/C12H14N2O4/c1-9(15)13-7-6-12(8-13)18-11-4-2-10(3-5-11)14(16)17/h2-5,12H,6-8H2,1H3/t12-/m0/s1. The summed E-state index contributed by atoms with van der Waals surface area (Å²) in [4.78, 5) is 22.9. The maximum atomic E-state index is 11.2. The zero-order chi connectivity index (χ0) is 13.1. The van der Waals surface area contributed by atoms with Crippen LogP contribution in [0.5, 0.6) is 5.75 Å². The number of nitro benzene ring substituents is 1. The molecule has 0 spiro atoms. The van der Waals surface area contributed by atoms with Crippen LogP contribution in [0, 0.1) is 10.1 Å². The number of ether oxygens (including phenoxy) is 1. The van der Waals surface area contributed by atoms with E-state index < -0.39 is 4.92 Å². The molecular formula is C12H14N2O4. The first-order valence-corrected chi connectivity index (χ1v) is 5.73. The highest BCUT2D eigenvalue weighted by molar-refractivity contribution is 5.73. The first-order valence-electron chi connectivity index (χ1n) is 5.73. The summed E-state index contributed by atoms with van der Waals surface area (Å²) in [5.41, 5.74) is 0.0409. The van der Waals surface area contributed by atoms with Gasteiger partial charge in [-0.2, -0.15) is 0 Å². The van der Waals surface area contributed by atoms with E-state index in [0.717, 1.165) is 6.42 Å². The van der Waals surface area contributed by atoms with Gasteiger partial charge in [-0.15, -0.1) is 0 Å². The van der Waals surface area contributed by atoms with Crippen LogP contribution in [0.15, 0.2) is 24.3 Å². The van der Waals surface area contributed by atoms with Crippen molar-refractivity contribution < 1.29 is 14.5 Å². The topological polar surface area (TPSA) is 72.7 Å². The van der Waals surface area contributed by atoms with Crippen LogP contribution in [0.3, 0.4) is 0 Å². The normalized spacial score (nSPS) is 18.7. The fourth-order valence-electron chi connectivity index (χ4n) is 1.95. The number of carbonyl (C=O) groups excluding carboxylic acids is 1. The largest absolute Gasteiger partial charge is 0.489 e. The smallest absolute Gasteiger partial charge is 0.269 e. The minimum atomic E-state index is -0.448. The van der Waals surface area contributed by atoms with E-state index in [2.05, 4.69) is 0 Å². The highest BCUT2D eigenvalue weighted by Gasteiger charge is 2.25. The van der Waals surface area contributed by atoms with Gasteiger partial charge in [0.2, 0.25) is 5.91 Å². The maximum absolute atomic E-state index is 11.2. The molecule has 0 radical (unpaired) electrons. The predicted octanol–water partition coefficient (Wildman–Crippen LogP) is 1.59. The second kappa shape index (κ2) is 5.03. The lowest BCUT2D eigenvalue weighted by Gasteiger charge is -2.15. The molecular weight excluding hydrogens is 236 g/mol. The van der Waals surface area contributed by atoms with E-state index in [1.165, 1.54) is 19.1 Å². The molecule has 1 saturated heterocycles. The number of hydrogen-bond acceptors (Lipinski definition) is 4. The van der Waals surface area contributed by atoms with Crippen LogP contribution in [-0.2, 0) is 4.79 Å². The summed E-state index contributed by atoms with van der Waals surface area (Å²) >= 11 is 0. The van der Waals surface area contributed by atoms with Crippen molar-refractivity contribution in [3.05, 3.63) is 34.4 Å². The minimum Gasteiger partial charge on any atom is -0.489 e. The summed E-state index contributed by atoms with van der Waals surface area (Å²) in [5, 5.41) is 10.5. The summed E-state index contributed by atoms with van der Waals surface area (Å²) in [6.07, 6.45) is 0.756. The van der Waals surface area contributed by atoms with Crippen LogP contribution in [-0.4, -0.2) is 34.9 Å². The molecule has 0 saturated carbocycles. The van der Waals surface area contributed by atoms with E-state index in [4.69, 9.17) is 4.74 Å². The van der Waals surface area contributed by atoms with E-state index in [9.17, 15) is 14.9 Å². The van der Waals surface area contributed by atoms with Crippen LogP contribution >= 0.6 is 0 Å². The summed E-state index contributed by atoms with van der Waals surface area (Å²) in [6, 6.07) is 5.98. The van der Waals surface area contributed by atoms with Gasteiger partial charge in [0.05, 0.1) is 11.5 Å². The van der Waals surface area contributed by atoms with E-state index in [0.29, 0.717) is 18.8 Å². The number of carbonyl (C=O) groups is 1. The van der Waals surface area contributed by atoms with Crippen molar-refractivity contribution in [2.75, 3.05) is 13.1 Å². The van der Waals surface area contributed by atoms with Crippen molar-refractivity contribution in [3.8, 4) is 5.75 Å². The minimum absolute atomic E-state index is 0.0321. The fourth-order valence-corrected chi connectivity index (χ4v) is 1.95. The Balaban J connectivity index is 1.94. The Morgan fingerprint density at radius 2 is 2.11 bits per heavy atom. The first-order chi connectivity index (χ1) is 8.56. The second-order valence-electron chi connectivity index (χ2n) is 4.24. The van der Waals surface area contributed by atoms with Gasteiger partial charge >= 0.3 is 0 Å². The monoisotopic (exact) mass is 250 g/mol. The third kappa shape index (κ3) is 2.77. The third-order valence-electron chi connectivity index (χ3n) is 2.94. The Hall–Kier alpha value is -2.11. The van der Waals surface area contributed by atoms with Gasteiger partial charge in [0.15, 0.2) is 0 Å². The van der Waals surface area contributed by atoms with Crippen molar-refractivity contribution in [1.82, 2.24) is 4.90 Å². The van der Waals surface area contributed by atoms with Gasteiger partial charge in [-0.05, 0) is 12.1 Å². The molecule has 0 bridgehead atoms. The highest BCUT2D eigenvalue weighted by atomic mass is 16.6. The van der Waals surface area contributed by atoms with Crippen LogP contribution in [0.4, 0.5) is 5.69 Å². The van der Waals surface area contributed by atoms with Crippen LogP contribution in [0.25, 0.3) is 0 Å². The Kier molecular flexibility index (Phi) is 3.45. The van der Waals surface area contributed by atoms with Gasteiger partial charge in [0.25, 0.3) is 5.69 Å². The molecule has 0 aliphatic carbocycles. The lowest BCUT2D eigenvalue weighted by molar-refractivity contribution is -0.384. The van der Waals surface area contributed by atoms with Crippen molar-refractivity contribution >= 4 is 11.6 Å². The molecule has 1 aromatic rings. The molecule has 1 amide bonds. The van der Waals surface area contributed by atoms with Crippen molar-refractivity contribution in [2.24, 2.45) is 0 Å². The maximum Gasteiger partial charge on any atom is 0.269 e. The van der Waals surface area contributed by atoms with Gasteiger partial charge in [-0.25, -0.2) is 0 Å². The fraction of sp³-hybridized carbons (Fsp3) is 0.417. The van der Waals surface area contributed by atoms with Crippen molar-refractivity contribution in [2.45, 2.75) is 19.4 Å². The van der Waals surface area contributed by atoms with E-state index >= 15 is 0 Å². The van der Waals surface area contributed by atoms with Crippen molar-refractivity contribution in [3.63, 3.8) is 0 Å². The number of likely N-dealkylation sites (tertiary alicyclic amines) is 1. The average molecular weight is 250 g/mol. The molecule has 0 aromatic heterocycles. The molecule has 96 valence electrons. The summed E-state index contributed by atoms with van der Waals surface area (Å²) in [7, 11) is 0. The number of nitro groups is 1. The first kappa shape index (κ1) is 12.3. The van der Waals surface area contributed by atoms with Crippen LogP contribution in [0.2, 0.25) is 0 Å². The highest BCUT2D eigenvalue weighted by Crippen LogP contribution is 2.21. The quantitative estimate of drug-likeness (QED) is 0.603. The van der Waals surface area contributed by atoms with Crippen LogP contribution in [0.1, 0.15) is 13.3 Å². The molecule has 2 rings (SSSR count). The van der Waals surface area contributed by atoms with E-state index in [1.54, 1.807) is 17.0 Å². The summed E-state index contributed by atoms with van der Waals surface area (Å²) < 4.78 is 5.67. The molecule has 1 aromatic carbocycles. The van der Waals surface area contributed by atoms with Gasteiger partial charge < -0.3 is 9.64 Å². The average Bonchev–Trinajstić information content (AvgIpc) is 2.78. The summed E-state index contributed by atoms with van der Waals surface area (Å²) in [5.74, 6) is 0.640. The molecule has 0 unspecified atom stereocenters. The number of amides is 1. The SMILES string of the molecule is CC(=O)N1CC[C@H](Oc2ccc([N+](=O)[O-])cc2)C1. The van der Waals surface area contributed by atoms with Crippen molar-refractivity contribution in [1.29, 1.82) is 0 Å². The van der Waals surface area contributed by atoms with Gasteiger partial charge in [0.1, 0.15) is 11.9 Å². The number of nitrogens with zero attached hydrogens (tertiary/aromatic N) is 2. The Bertz CT molecular complexity index is 458. The predicted molar refractivity (Wildman–Crippen MR) is 64.4 cm³/mol. The molecule has 1 heterocycles. The second-order valence-corrected chi connectivity index (χ2v) is 4.24. The Labute approximate surface area is 104 Å². The molecule has 1 fully saturated rings. The van der Waals surface area contributed by atoms with Gasteiger partial charge in [0, 0.05) is 32.0 Å². The molecule has 1 aliphatic rings. The number of non-ortho nitro benzene ring substituents is 1. The zero-order valence-corrected chi connectivity index (χ0v) is 10.0. The van der Waals surface area contributed by atoms with Gasteiger partial charge in [-0.1, -0.05) is 0 Å². The van der Waals surface area contributed by atoms with Crippen LogP contribution < -0.4 is 4.74 Å². The molecule has 0 N–H and O–H groups in total. The zero-order valence-electron chi connectivity index (χ0n) is 10.0.